The molecule has 2 aromatic rings. The van der Waals surface area contributed by atoms with Gasteiger partial charge in [0, 0.05) is 18.0 Å². The molecule has 20 heavy (non-hydrogen) atoms. The van der Waals surface area contributed by atoms with Gasteiger partial charge in [0.1, 0.15) is 0 Å². The zero-order chi connectivity index (χ0) is 13.9. The monoisotopic (exact) mass is 268 g/mol. The first-order chi connectivity index (χ1) is 9.76. The van der Waals surface area contributed by atoms with Crippen molar-refractivity contribution in [2.75, 3.05) is 12.4 Å². The first-order valence-electron chi connectivity index (χ1n) is 6.69. The van der Waals surface area contributed by atoms with E-state index in [9.17, 15) is 4.79 Å². The van der Waals surface area contributed by atoms with Crippen LogP contribution in [0, 0.1) is 0 Å². The van der Waals surface area contributed by atoms with Gasteiger partial charge in [0.15, 0.2) is 0 Å². The van der Waals surface area contributed by atoms with Crippen molar-refractivity contribution in [1.82, 2.24) is 4.98 Å². The number of amides is 1. The third-order valence-electron chi connectivity index (χ3n) is 3.56. The minimum Gasteiger partial charge on any atom is -0.481 e. The van der Waals surface area contributed by atoms with Crippen LogP contribution in [0.2, 0.25) is 0 Å². The van der Waals surface area contributed by atoms with E-state index in [0.717, 1.165) is 18.5 Å². The van der Waals surface area contributed by atoms with Crippen LogP contribution in [0.25, 0.3) is 0 Å². The highest BCUT2D eigenvalue weighted by molar-refractivity contribution is 6.04. The minimum atomic E-state index is -0.155. The van der Waals surface area contributed by atoms with E-state index in [1.54, 1.807) is 19.2 Å². The number of carbonyl (C=O) groups is 1. The van der Waals surface area contributed by atoms with Crippen molar-refractivity contribution in [1.29, 1.82) is 0 Å². The summed E-state index contributed by atoms with van der Waals surface area (Å²) in [6.45, 7) is 0. The molecule has 3 rings (SSSR count). The lowest BCUT2D eigenvalue weighted by Gasteiger charge is -2.07. The predicted octanol–water partition coefficient (Wildman–Crippen LogP) is 2.83. The molecule has 0 saturated heterocycles. The summed E-state index contributed by atoms with van der Waals surface area (Å²) < 4.78 is 4.97. The van der Waals surface area contributed by atoms with E-state index in [4.69, 9.17) is 4.74 Å². The number of hydrogen-bond acceptors (Lipinski definition) is 3. The quantitative estimate of drug-likeness (QED) is 0.931. The van der Waals surface area contributed by atoms with Gasteiger partial charge < -0.3 is 10.1 Å². The molecule has 1 amide bonds. The number of anilines is 1. The van der Waals surface area contributed by atoms with E-state index in [0.29, 0.717) is 11.4 Å². The highest BCUT2D eigenvalue weighted by Crippen LogP contribution is 2.25. The lowest BCUT2D eigenvalue weighted by atomic mass is 10.1. The van der Waals surface area contributed by atoms with E-state index in [2.05, 4.69) is 22.4 Å². The van der Waals surface area contributed by atoms with Gasteiger partial charge in [-0.2, -0.15) is 0 Å². The van der Waals surface area contributed by atoms with Crippen molar-refractivity contribution >= 4 is 11.6 Å². The van der Waals surface area contributed by atoms with Crippen LogP contribution >= 0.6 is 0 Å². The van der Waals surface area contributed by atoms with Crippen LogP contribution in [0.3, 0.4) is 0 Å². The summed E-state index contributed by atoms with van der Waals surface area (Å²) in [5.74, 6) is 0.345. The van der Waals surface area contributed by atoms with Crippen molar-refractivity contribution in [3.05, 3.63) is 53.2 Å². The average Bonchev–Trinajstić information content (AvgIpc) is 2.95. The average molecular weight is 268 g/mol. The summed E-state index contributed by atoms with van der Waals surface area (Å²) in [4.78, 5) is 16.2. The van der Waals surface area contributed by atoms with Crippen LogP contribution in [0.15, 0.2) is 36.5 Å². The van der Waals surface area contributed by atoms with Gasteiger partial charge in [-0.1, -0.05) is 6.07 Å². The maximum atomic E-state index is 12.1. The van der Waals surface area contributed by atoms with Crippen molar-refractivity contribution in [3.63, 3.8) is 0 Å². The fourth-order valence-electron chi connectivity index (χ4n) is 2.49. The van der Waals surface area contributed by atoms with Gasteiger partial charge in [0.05, 0.1) is 12.7 Å². The molecule has 0 saturated carbocycles. The Hall–Kier alpha value is -2.36. The van der Waals surface area contributed by atoms with Crippen LogP contribution in [0.5, 0.6) is 5.88 Å². The molecule has 0 fully saturated rings. The lowest BCUT2D eigenvalue weighted by molar-refractivity contribution is 0.102. The van der Waals surface area contributed by atoms with E-state index < -0.39 is 0 Å². The molecule has 1 aromatic heterocycles. The van der Waals surface area contributed by atoms with Gasteiger partial charge in [-0.15, -0.1) is 0 Å². The highest BCUT2D eigenvalue weighted by Gasteiger charge is 2.12. The molecule has 0 atom stereocenters. The summed E-state index contributed by atoms with van der Waals surface area (Å²) in [6.07, 6.45) is 4.96. The third-order valence-corrected chi connectivity index (χ3v) is 3.56. The minimum absolute atomic E-state index is 0.155. The van der Waals surface area contributed by atoms with Crippen LogP contribution in [-0.2, 0) is 12.8 Å². The van der Waals surface area contributed by atoms with Gasteiger partial charge in [-0.05, 0) is 48.6 Å². The molecular formula is C16H16N2O2. The number of benzene rings is 1. The summed E-state index contributed by atoms with van der Waals surface area (Å²) >= 11 is 0. The summed E-state index contributed by atoms with van der Waals surface area (Å²) in [7, 11) is 1.55. The zero-order valence-electron chi connectivity index (χ0n) is 11.3. The van der Waals surface area contributed by atoms with Crippen molar-refractivity contribution in [3.8, 4) is 5.88 Å². The number of nitrogens with one attached hydrogen (secondary N) is 1. The second-order valence-electron chi connectivity index (χ2n) is 4.88. The van der Waals surface area contributed by atoms with Crippen molar-refractivity contribution < 1.29 is 9.53 Å². The molecule has 0 aliphatic heterocycles. The first-order valence-corrected chi connectivity index (χ1v) is 6.69. The SMILES string of the molecule is COc1ccc(C(=O)Nc2ccc3c(c2)CCC3)cn1. The van der Waals surface area contributed by atoms with Gasteiger partial charge in [0.25, 0.3) is 5.91 Å². The maximum Gasteiger partial charge on any atom is 0.257 e. The number of methoxy groups -OCH3 is 1. The second kappa shape index (κ2) is 5.33. The van der Waals surface area contributed by atoms with Crippen molar-refractivity contribution in [2.24, 2.45) is 0 Å². The normalized spacial score (nSPS) is 12.8. The number of nitrogens with zero attached hydrogens (tertiary/aromatic N) is 1. The Morgan fingerprint density at radius 2 is 2.05 bits per heavy atom. The topological polar surface area (TPSA) is 51.2 Å². The number of fused-ring (bicyclic) bond motifs is 1. The first kappa shape index (κ1) is 12.7. The van der Waals surface area contributed by atoms with Crippen LogP contribution < -0.4 is 10.1 Å². The van der Waals surface area contributed by atoms with Gasteiger partial charge in [0.2, 0.25) is 5.88 Å². The molecule has 1 aliphatic carbocycles. The number of hydrogen-bond donors (Lipinski definition) is 1. The van der Waals surface area contributed by atoms with Gasteiger partial charge in [-0.3, -0.25) is 4.79 Å². The number of aromatic nitrogens is 1. The Kier molecular flexibility index (Phi) is 3.37. The molecule has 1 N–H and O–H groups in total. The lowest BCUT2D eigenvalue weighted by Crippen LogP contribution is -2.12. The van der Waals surface area contributed by atoms with E-state index >= 15 is 0 Å². The molecule has 0 radical (unpaired) electrons. The molecule has 1 aromatic carbocycles. The number of pyridine rings is 1. The zero-order valence-corrected chi connectivity index (χ0v) is 11.3. The highest BCUT2D eigenvalue weighted by atomic mass is 16.5. The van der Waals surface area contributed by atoms with E-state index in [1.807, 2.05) is 6.07 Å². The molecule has 0 spiro atoms. The molecular weight excluding hydrogens is 252 g/mol. The van der Waals surface area contributed by atoms with Crippen molar-refractivity contribution in [2.45, 2.75) is 19.3 Å². The van der Waals surface area contributed by atoms with Crippen LogP contribution in [0.4, 0.5) is 5.69 Å². The number of aryl methyl sites for hydroxylation is 2. The van der Waals surface area contributed by atoms with Gasteiger partial charge >= 0.3 is 0 Å². The fraction of sp³-hybridized carbons (Fsp3) is 0.250. The summed E-state index contributed by atoms with van der Waals surface area (Å²) in [5.41, 5.74) is 4.10. The number of carbonyl (C=O) groups excluding carboxylic acids is 1. The standard InChI is InChI=1S/C16H16N2O2/c1-20-15-8-6-13(10-17-15)16(19)18-14-7-5-11-3-2-4-12(11)9-14/h5-10H,2-4H2,1H3,(H,18,19). The predicted molar refractivity (Wildman–Crippen MR) is 77.2 cm³/mol. The number of ether oxygens (including phenoxy) is 1. The molecule has 4 heteroatoms. The Balaban J connectivity index is 1.75. The molecule has 102 valence electrons. The molecule has 0 unspecified atom stereocenters. The Morgan fingerprint density at radius 1 is 1.20 bits per heavy atom. The number of rotatable bonds is 3. The maximum absolute atomic E-state index is 12.1. The Bertz CT molecular complexity index is 635. The third kappa shape index (κ3) is 2.50. The van der Waals surface area contributed by atoms with Crippen LogP contribution in [-0.4, -0.2) is 18.0 Å². The molecule has 0 bridgehead atoms. The molecule has 4 nitrogen and oxygen atoms in total. The Labute approximate surface area is 117 Å². The second-order valence-corrected chi connectivity index (χ2v) is 4.88. The summed E-state index contributed by atoms with van der Waals surface area (Å²) in [5, 5.41) is 2.91. The fourth-order valence-corrected chi connectivity index (χ4v) is 2.49. The van der Waals surface area contributed by atoms with E-state index in [1.165, 1.54) is 23.7 Å². The Morgan fingerprint density at radius 3 is 2.80 bits per heavy atom. The molecule has 1 aliphatic rings. The smallest absolute Gasteiger partial charge is 0.257 e. The van der Waals surface area contributed by atoms with Crippen LogP contribution in [0.1, 0.15) is 27.9 Å². The largest absolute Gasteiger partial charge is 0.481 e. The molecule has 1 heterocycles. The summed E-state index contributed by atoms with van der Waals surface area (Å²) in [6, 6.07) is 9.51. The van der Waals surface area contributed by atoms with Gasteiger partial charge in [-0.25, -0.2) is 4.98 Å². The van der Waals surface area contributed by atoms with E-state index in [-0.39, 0.29) is 5.91 Å².